The van der Waals surface area contributed by atoms with Crippen molar-refractivity contribution >= 4 is 61.8 Å². The number of pyridine rings is 1. The Morgan fingerprint density at radius 2 is 2.03 bits per heavy atom. The van der Waals surface area contributed by atoms with Crippen LogP contribution in [0.2, 0.25) is 5.02 Å². The van der Waals surface area contributed by atoms with Crippen molar-refractivity contribution in [1.82, 2.24) is 4.98 Å². The molecule has 4 rings (SSSR count). The van der Waals surface area contributed by atoms with Crippen LogP contribution in [-0.4, -0.2) is 10.9 Å². The van der Waals surface area contributed by atoms with Crippen molar-refractivity contribution in [3.05, 3.63) is 78.5 Å². The molecule has 0 fully saturated rings. The smallest absolute Gasteiger partial charge is 0.250 e. The van der Waals surface area contributed by atoms with Crippen molar-refractivity contribution in [2.45, 2.75) is 26.3 Å². The Morgan fingerprint density at radius 1 is 1.22 bits per heavy atom. The first-order valence-corrected chi connectivity index (χ1v) is 11.8. The average molecular weight is 485 g/mol. The highest BCUT2D eigenvalue weighted by Gasteiger charge is 2.15. The van der Waals surface area contributed by atoms with Gasteiger partial charge in [0.05, 0.1) is 15.9 Å². The highest BCUT2D eigenvalue weighted by Crippen LogP contribution is 2.34. The number of aromatic nitrogens is 1. The Morgan fingerprint density at radius 3 is 2.75 bits per heavy atom. The standard InChI is InChI=1S/C22H20ClN3O2S2.CHN/c1-13-18(7-8-19(27)25-15-5-2-4-14(23)10-15)30-22-17(11-20(28)26-21(13)22)24-12-16-6-3-9-29-16;1-2/h2-6,9-11H,7-8,12H2,1H3,(H,25,27)(H2,24,26,28);1H. The number of thiophene rings is 2. The summed E-state index contributed by atoms with van der Waals surface area (Å²) >= 11 is 9.26. The van der Waals surface area contributed by atoms with Gasteiger partial charge in [-0.05, 0) is 48.6 Å². The Hall–Kier alpha value is -3.12. The Bertz CT molecular complexity index is 1290. The summed E-state index contributed by atoms with van der Waals surface area (Å²) in [5.74, 6) is -0.0707. The normalized spacial score (nSPS) is 10.4. The first-order valence-electron chi connectivity index (χ1n) is 9.72. The first-order chi connectivity index (χ1) is 15.5. The maximum absolute atomic E-state index is 12.4. The number of nitrogens with one attached hydrogen (secondary N) is 3. The number of aryl methyl sites for hydroxylation is 2. The second kappa shape index (κ2) is 11.0. The van der Waals surface area contributed by atoms with Crippen molar-refractivity contribution in [3.63, 3.8) is 0 Å². The SMILES string of the molecule is C#N.Cc1c(CCC(=O)Nc2cccc(Cl)c2)sc2c(NCc3cccs3)cc(=O)[nH]c12. The van der Waals surface area contributed by atoms with Gasteiger partial charge in [-0.15, -0.1) is 22.7 Å². The molecule has 3 aromatic heterocycles. The van der Waals surface area contributed by atoms with E-state index in [2.05, 4.69) is 28.3 Å². The average Bonchev–Trinajstić information content (AvgIpc) is 3.41. The third-order valence-electron chi connectivity index (χ3n) is 4.73. The second-order valence-corrected chi connectivity index (χ2v) is 9.47. The molecule has 0 spiro atoms. The fraction of sp³-hybridized carbons (Fsp3) is 0.174. The number of hydrogen-bond donors (Lipinski definition) is 3. The van der Waals surface area contributed by atoms with Crippen LogP contribution in [0.3, 0.4) is 0 Å². The summed E-state index contributed by atoms with van der Waals surface area (Å²) in [6.45, 7) is 6.16. The van der Waals surface area contributed by atoms with E-state index in [0.29, 0.717) is 30.1 Å². The number of halogens is 1. The van der Waals surface area contributed by atoms with E-state index in [9.17, 15) is 9.59 Å². The molecule has 9 heteroatoms. The molecule has 164 valence electrons. The van der Waals surface area contributed by atoms with Crippen LogP contribution in [0.1, 0.15) is 21.7 Å². The number of rotatable bonds is 7. The van der Waals surface area contributed by atoms with Gasteiger partial charge in [-0.1, -0.05) is 23.7 Å². The van der Waals surface area contributed by atoms with E-state index in [1.165, 1.54) is 4.88 Å². The van der Waals surface area contributed by atoms with Gasteiger partial charge in [0.1, 0.15) is 0 Å². The minimum atomic E-state index is -0.137. The van der Waals surface area contributed by atoms with Crippen molar-refractivity contribution in [3.8, 4) is 6.57 Å². The monoisotopic (exact) mass is 484 g/mol. The van der Waals surface area contributed by atoms with Crippen molar-refractivity contribution in [2.24, 2.45) is 0 Å². The van der Waals surface area contributed by atoms with Crippen LogP contribution in [-0.2, 0) is 17.8 Å². The first kappa shape index (κ1) is 23.5. The summed E-state index contributed by atoms with van der Waals surface area (Å²) in [5, 5.41) is 15.4. The van der Waals surface area contributed by atoms with Crippen LogP contribution in [0.25, 0.3) is 10.2 Å². The van der Waals surface area contributed by atoms with E-state index in [0.717, 1.165) is 26.3 Å². The highest BCUT2D eigenvalue weighted by atomic mass is 35.5. The van der Waals surface area contributed by atoms with Gasteiger partial charge >= 0.3 is 0 Å². The molecule has 0 saturated heterocycles. The molecule has 0 saturated carbocycles. The molecule has 1 amide bonds. The molecule has 4 aromatic rings. The molecule has 0 radical (unpaired) electrons. The lowest BCUT2D eigenvalue weighted by atomic mass is 10.1. The van der Waals surface area contributed by atoms with E-state index in [4.69, 9.17) is 16.9 Å². The van der Waals surface area contributed by atoms with Gasteiger partial charge in [0.2, 0.25) is 5.91 Å². The van der Waals surface area contributed by atoms with E-state index < -0.39 is 0 Å². The second-order valence-electron chi connectivity index (χ2n) is 6.89. The fourth-order valence-electron chi connectivity index (χ4n) is 3.24. The van der Waals surface area contributed by atoms with Crippen molar-refractivity contribution in [2.75, 3.05) is 10.6 Å². The van der Waals surface area contributed by atoms with Crippen LogP contribution in [0.4, 0.5) is 11.4 Å². The Kier molecular flexibility index (Phi) is 8.06. The zero-order valence-electron chi connectivity index (χ0n) is 17.3. The zero-order valence-corrected chi connectivity index (χ0v) is 19.7. The largest absolute Gasteiger partial charge is 0.379 e. The molecule has 3 N–H and O–H groups in total. The predicted octanol–water partition coefficient (Wildman–Crippen LogP) is 5.94. The number of nitriles is 1. The number of carbonyl (C=O) groups excluding carboxylic acids is 1. The summed E-state index contributed by atoms with van der Waals surface area (Å²) in [7, 11) is 0. The maximum Gasteiger partial charge on any atom is 0.250 e. The van der Waals surface area contributed by atoms with Gasteiger partial charge in [-0.2, -0.15) is 0 Å². The molecule has 0 aliphatic rings. The van der Waals surface area contributed by atoms with Gasteiger partial charge < -0.3 is 15.6 Å². The highest BCUT2D eigenvalue weighted by molar-refractivity contribution is 7.19. The van der Waals surface area contributed by atoms with Crippen LogP contribution in [0, 0.1) is 18.8 Å². The molecular formula is C23H21ClN4O2S2. The van der Waals surface area contributed by atoms with E-state index in [1.807, 2.05) is 24.4 Å². The summed E-state index contributed by atoms with van der Waals surface area (Å²) in [6.07, 6.45) is 0.951. The number of fused-ring (bicyclic) bond motifs is 1. The molecule has 32 heavy (non-hydrogen) atoms. The number of aromatic amines is 1. The molecule has 0 aliphatic heterocycles. The zero-order chi connectivity index (χ0) is 23.1. The van der Waals surface area contributed by atoms with E-state index in [1.54, 1.807) is 46.9 Å². The van der Waals surface area contributed by atoms with Crippen molar-refractivity contribution < 1.29 is 4.79 Å². The summed E-state index contributed by atoms with van der Waals surface area (Å²) < 4.78 is 1.01. The maximum atomic E-state index is 12.4. The van der Waals surface area contributed by atoms with Gasteiger partial charge in [0, 0.05) is 46.1 Å². The van der Waals surface area contributed by atoms with E-state index >= 15 is 0 Å². The van der Waals surface area contributed by atoms with Crippen LogP contribution in [0.15, 0.2) is 52.6 Å². The molecule has 0 bridgehead atoms. The lowest BCUT2D eigenvalue weighted by Gasteiger charge is -2.05. The lowest BCUT2D eigenvalue weighted by Crippen LogP contribution is -2.12. The molecule has 6 nitrogen and oxygen atoms in total. The number of amides is 1. The topological polar surface area (TPSA) is 97.8 Å². The van der Waals surface area contributed by atoms with Gasteiger partial charge in [-0.3, -0.25) is 9.59 Å². The van der Waals surface area contributed by atoms with Crippen LogP contribution in [0.5, 0.6) is 0 Å². The van der Waals surface area contributed by atoms with Gasteiger partial charge in [-0.25, -0.2) is 5.26 Å². The minimum absolute atomic E-state index is 0.0707. The number of H-pyrrole nitrogens is 1. The summed E-state index contributed by atoms with van der Waals surface area (Å²) in [6, 6.07) is 12.8. The van der Waals surface area contributed by atoms with Gasteiger partial charge in [0.25, 0.3) is 5.56 Å². The molecule has 1 aromatic carbocycles. The predicted molar refractivity (Wildman–Crippen MR) is 134 cm³/mol. The Balaban J connectivity index is 0.00000141. The summed E-state index contributed by atoms with van der Waals surface area (Å²) in [4.78, 5) is 29.8. The molecule has 3 heterocycles. The minimum Gasteiger partial charge on any atom is -0.379 e. The van der Waals surface area contributed by atoms with Crippen LogP contribution >= 0.6 is 34.3 Å². The number of nitrogens with zero attached hydrogens (tertiary/aromatic N) is 1. The van der Waals surface area contributed by atoms with E-state index in [-0.39, 0.29) is 11.5 Å². The van der Waals surface area contributed by atoms with Crippen molar-refractivity contribution in [1.29, 1.82) is 5.26 Å². The lowest BCUT2D eigenvalue weighted by molar-refractivity contribution is -0.116. The molecule has 0 unspecified atom stereocenters. The Labute approximate surface area is 198 Å². The van der Waals surface area contributed by atoms with Gasteiger partial charge in [0.15, 0.2) is 0 Å². The molecule has 0 atom stereocenters. The number of anilines is 2. The summed E-state index contributed by atoms with van der Waals surface area (Å²) in [5.41, 5.74) is 3.23. The quantitative estimate of drug-likeness (QED) is 0.302. The number of carbonyl (C=O) groups is 1. The van der Waals surface area contributed by atoms with Crippen LogP contribution < -0.4 is 16.2 Å². The molecular weight excluding hydrogens is 464 g/mol. The third kappa shape index (κ3) is 5.77. The third-order valence-corrected chi connectivity index (χ3v) is 7.23. The number of benzene rings is 1. The fourth-order valence-corrected chi connectivity index (χ4v) is 5.33. The molecule has 0 aliphatic carbocycles. The number of hydrogen-bond acceptors (Lipinski definition) is 6.